The van der Waals surface area contributed by atoms with Gasteiger partial charge >= 0.3 is 6.09 Å². The van der Waals surface area contributed by atoms with Crippen molar-refractivity contribution >= 4 is 16.1 Å². The fourth-order valence-electron chi connectivity index (χ4n) is 5.32. The van der Waals surface area contributed by atoms with Gasteiger partial charge in [-0.1, -0.05) is 38.1 Å². The third-order valence-corrected chi connectivity index (χ3v) is 8.23. The highest BCUT2D eigenvalue weighted by molar-refractivity contribution is 7.88. The van der Waals surface area contributed by atoms with Crippen molar-refractivity contribution in [2.75, 3.05) is 40.2 Å². The molecule has 1 heterocycles. The Morgan fingerprint density at radius 1 is 1.05 bits per heavy atom. The van der Waals surface area contributed by atoms with Gasteiger partial charge in [-0.25, -0.2) is 13.2 Å². The molecule has 1 fully saturated rings. The van der Waals surface area contributed by atoms with E-state index in [1.54, 1.807) is 35.0 Å². The molecule has 240 valence electrons. The van der Waals surface area contributed by atoms with E-state index in [2.05, 4.69) is 48.9 Å². The minimum Gasteiger partial charge on any atom is -0.493 e. The van der Waals surface area contributed by atoms with Crippen molar-refractivity contribution in [2.24, 2.45) is 17.8 Å². The number of ether oxygens (including phenoxy) is 4. The average Bonchev–Trinajstić information content (AvgIpc) is 3.30. The van der Waals surface area contributed by atoms with Crippen molar-refractivity contribution in [2.45, 2.75) is 72.1 Å². The van der Waals surface area contributed by atoms with E-state index in [1.807, 2.05) is 12.1 Å². The molecule has 10 heteroatoms. The smallest absolute Gasteiger partial charge is 0.411 e. The Labute approximate surface area is 258 Å². The van der Waals surface area contributed by atoms with Crippen LogP contribution in [0.5, 0.6) is 11.5 Å². The van der Waals surface area contributed by atoms with Crippen LogP contribution in [0.3, 0.4) is 0 Å². The van der Waals surface area contributed by atoms with Gasteiger partial charge in [-0.3, -0.25) is 4.90 Å². The lowest BCUT2D eigenvalue weighted by molar-refractivity contribution is 0.0213. The monoisotopic (exact) mass is 618 g/mol. The van der Waals surface area contributed by atoms with Gasteiger partial charge in [-0.2, -0.15) is 4.72 Å². The van der Waals surface area contributed by atoms with Gasteiger partial charge in [-0.15, -0.1) is 0 Å². The van der Waals surface area contributed by atoms with Gasteiger partial charge < -0.3 is 18.9 Å². The first-order valence-electron chi connectivity index (χ1n) is 15.0. The molecule has 0 saturated carbocycles. The number of benzene rings is 2. The molecule has 3 aliphatic rings. The SMILES string of the molecule is COCCCOc1cc(CC(C[C@@H]2CC(NS(C)(=O)=O)N(C(=O)OC(C)(C)C)C2)C(C)C)ccc1OC.c1cc2cc-2c1. The molecule has 1 aliphatic heterocycles. The molecule has 4 rings (SSSR count). The maximum atomic E-state index is 12.9. The number of nitrogens with one attached hydrogen (secondary N) is 1. The number of carbonyl (C=O) groups is 1. The van der Waals surface area contributed by atoms with Crippen molar-refractivity contribution in [3.8, 4) is 22.6 Å². The lowest BCUT2D eigenvalue weighted by atomic mass is 9.81. The number of hydrogen-bond acceptors (Lipinski definition) is 7. The van der Waals surface area contributed by atoms with E-state index in [0.29, 0.717) is 49.5 Å². The second-order valence-electron chi connectivity index (χ2n) is 12.8. The summed E-state index contributed by atoms with van der Waals surface area (Å²) in [6, 6.07) is 14.5. The minimum atomic E-state index is -3.49. The van der Waals surface area contributed by atoms with Crippen LogP contribution in [0.2, 0.25) is 0 Å². The lowest BCUT2D eigenvalue weighted by Gasteiger charge is -2.28. The van der Waals surface area contributed by atoms with Crippen molar-refractivity contribution in [3.05, 3.63) is 48.0 Å². The predicted octanol–water partition coefficient (Wildman–Crippen LogP) is 6.11. The van der Waals surface area contributed by atoms with E-state index in [9.17, 15) is 13.2 Å². The van der Waals surface area contributed by atoms with Crippen LogP contribution in [0.15, 0.2) is 42.5 Å². The fourth-order valence-corrected chi connectivity index (χ4v) is 6.04. The molecule has 43 heavy (non-hydrogen) atoms. The molecule has 0 radical (unpaired) electrons. The summed E-state index contributed by atoms with van der Waals surface area (Å²) in [6.07, 6.45) is 3.03. The van der Waals surface area contributed by atoms with Gasteiger partial charge in [-0.05, 0) is 92.7 Å². The van der Waals surface area contributed by atoms with Crippen LogP contribution in [-0.4, -0.2) is 71.4 Å². The largest absolute Gasteiger partial charge is 0.493 e. The molecular formula is C33H50N2O7S. The van der Waals surface area contributed by atoms with Gasteiger partial charge in [0.2, 0.25) is 10.0 Å². The molecule has 1 aromatic rings. The van der Waals surface area contributed by atoms with Crippen LogP contribution in [0.4, 0.5) is 4.79 Å². The molecular weight excluding hydrogens is 568 g/mol. The highest BCUT2D eigenvalue weighted by Crippen LogP contribution is 2.35. The fraction of sp³-hybridized carbons (Fsp3) is 0.606. The van der Waals surface area contributed by atoms with E-state index in [-0.39, 0.29) is 5.92 Å². The number of likely N-dealkylation sites (tertiary alicyclic amines) is 1. The molecule has 3 atom stereocenters. The van der Waals surface area contributed by atoms with Crippen LogP contribution in [0.25, 0.3) is 11.1 Å². The first-order chi connectivity index (χ1) is 20.2. The topological polar surface area (TPSA) is 103 Å². The molecule has 1 saturated heterocycles. The molecule has 1 aromatic carbocycles. The van der Waals surface area contributed by atoms with Gasteiger partial charge in [0.05, 0.1) is 26.1 Å². The number of methoxy groups -OCH3 is 2. The zero-order chi connectivity index (χ0) is 31.8. The second-order valence-corrected chi connectivity index (χ2v) is 14.6. The summed E-state index contributed by atoms with van der Waals surface area (Å²) >= 11 is 0. The maximum absolute atomic E-state index is 12.9. The van der Waals surface area contributed by atoms with E-state index >= 15 is 0 Å². The minimum absolute atomic E-state index is 0.141. The van der Waals surface area contributed by atoms with E-state index in [4.69, 9.17) is 18.9 Å². The van der Waals surface area contributed by atoms with Crippen LogP contribution < -0.4 is 14.2 Å². The number of amides is 1. The Hall–Kier alpha value is -2.82. The summed E-state index contributed by atoms with van der Waals surface area (Å²) in [5.41, 5.74) is 3.34. The zero-order valence-corrected chi connectivity index (χ0v) is 27.8. The molecule has 1 amide bonds. The highest BCUT2D eigenvalue weighted by Gasteiger charge is 2.40. The third kappa shape index (κ3) is 11.7. The quantitative estimate of drug-likeness (QED) is 0.230. The standard InChI is InChI=1S/C27H46N2O7S.C6H4/c1-19(2)22(14-20-10-11-23(34-7)24(16-20)35-13-9-12-33-6)15-21-17-25(28-37(8,31)32)29(18-21)26(30)36-27(3,4)5;1-2-5-4-6(5)3-1/h10-11,16,19,21-22,25,28H,9,12-15,17-18H2,1-8H3;1-4H/t21-,22?,25?;/m1./s1. The summed E-state index contributed by atoms with van der Waals surface area (Å²) in [4.78, 5) is 14.4. The average molecular weight is 619 g/mol. The summed E-state index contributed by atoms with van der Waals surface area (Å²) in [7, 11) is -0.190. The van der Waals surface area contributed by atoms with Crippen molar-refractivity contribution < 1.29 is 32.2 Å². The summed E-state index contributed by atoms with van der Waals surface area (Å²) < 4.78 is 48.7. The van der Waals surface area contributed by atoms with Gasteiger partial charge in [0.25, 0.3) is 0 Å². The van der Waals surface area contributed by atoms with Crippen LogP contribution in [-0.2, 0) is 25.9 Å². The molecule has 2 unspecified atom stereocenters. The Bertz CT molecular complexity index is 1290. The zero-order valence-electron chi connectivity index (χ0n) is 27.0. The van der Waals surface area contributed by atoms with Crippen molar-refractivity contribution in [1.29, 1.82) is 0 Å². The third-order valence-electron chi connectivity index (χ3n) is 7.53. The molecule has 1 N–H and O–H groups in total. The Morgan fingerprint density at radius 3 is 2.26 bits per heavy atom. The van der Waals surface area contributed by atoms with E-state index < -0.39 is 27.9 Å². The molecule has 2 aliphatic carbocycles. The van der Waals surface area contributed by atoms with Crippen molar-refractivity contribution in [1.82, 2.24) is 9.62 Å². The number of carbonyl (C=O) groups excluding carboxylic acids is 1. The molecule has 9 nitrogen and oxygen atoms in total. The lowest BCUT2D eigenvalue weighted by Crippen LogP contribution is -2.48. The van der Waals surface area contributed by atoms with Gasteiger partial charge in [0.1, 0.15) is 5.60 Å². The number of hydrogen-bond donors (Lipinski definition) is 1. The Balaban J connectivity index is 0.000000734. The van der Waals surface area contributed by atoms with Gasteiger partial charge in [0.15, 0.2) is 11.5 Å². The van der Waals surface area contributed by atoms with Crippen LogP contribution >= 0.6 is 0 Å². The van der Waals surface area contributed by atoms with Crippen LogP contribution in [0, 0.1) is 17.8 Å². The number of nitrogens with zero attached hydrogens (tertiary/aromatic N) is 1. The van der Waals surface area contributed by atoms with Crippen molar-refractivity contribution in [3.63, 3.8) is 0 Å². The van der Waals surface area contributed by atoms with Gasteiger partial charge in [0, 0.05) is 26.7 Å². The summed E-state index contributed by atoms with van der Waals surface area (Å²) in [5, 5.41) is 0. The Kier molecular flexibility index (Phi) is 12.3. The Morgan fingerprint density at radius 2 is 1.74 bits per heavy atom. The maximum Gasteiger partial charge on any atom is 0.411 e. The van der Waals surface area contributed by atoms with Crippen LogP contribution in [0.1, 0.15) is 59.4 Å². The number of rotatable bonds is 13. The second kappa shape index (κ2) is 15.3. The molecule has 0 aromatic heterocycles. The number of sulfonamides is 1. The van der Waals surface area contributed by atoms with E-state index in [0.717, 1.165) is 31.1 Å². The summed E-state index contributed by atoms with van der Waals surface area (Å²) in [6.45, 7) is 11.4. The summed E-state index contributed by atoms with van der Waals surface area (Å²) in [5.74, 6) is 2.28. The molecule has 0 spiro atoms. The first kappa shape index (κ1) is 34.7. The highest BCUT2D eigenvalue weighted by atomic mass is 32.2. The number of fused-ring (bicyclic) bond motifs is 1. The van der Waals surface area contributed by atoms with E-state index in [1.165, 1.54) is 16.0 Å². The molecule has 0 bridgehead atoms. The predicted molar refractivity (Wildman–Crippen MR) is 170 cm³/mol. The normalized spacial score (nSPS) is 18.1. The first-order valence-corrected chi connectivity index (χ1v) is 16.9.